The van der Waals surface area contributed by atoms with E-state index in [2.05, 4.69) is 5.32 Å². The lowest BCUT2D eigenvalue weighted by atomic mass is 10.1. The highest BCUT2D eigenvalue weighted by atomic mass is 32.2. The predicted molar refractivity (Wildman–Crippen MR) is 118 cm³/mol. The summed E-state index contributed by atoms with van der Waals surface area (Å²) in [7, 11) is -2.07. The third-order valence-corrected chi connectivity index (χ3v) is 7.48. The molecule has 2 aromatic rings. The van der Waals surface area contributed by atoms with Gasteiger partial charge in [0.05, 0.1) is 17.8 Å². The Hall–Kier alpha value is -2.87. The van der Waals surface area contributed by atoms with Crippen LogP contribution in [-0.4, -0.2) is 39.1 Å². The second kappa shape index (κ2) is 8.34. The Bertz CT molecular complexity index is 1110. The van der Waals surface area contributed by atoms with Gasteiger partial charge in [0.15, 0.2) is 9.84 Å². The summed E-state index contributed by atoms with van der Waals surface area (Å²) in [5.74, 6) is 0.264. The van der Waals surface area contributed by atoms with Gasteiger partial charge in [0.25, 0.3) is 0 Å². The number of hydrogen-bond donors (Lipinski definition) is 1. The largest absolute Gasteiger partial charge is 0.497 e. The van der Waals surface area contributed by atoms with Gasteiger partial charge in [0.1, 0.15) is 5.75 Å². The Morgan fingerprint density at radius 1 is 1.13 bits per heavy atom. The monoisotopic (exact) mass is 442 g/mol. The second-order valence-corrected chi connectivity index (χ2v) is 10.3. The minimum absolute atomic E-state index is 0.0244. The van der Waals surface area contributed by atoms with E-state index < -0.39 is 9.84 Å². The lowest BCUT2D eigenvalue weighted by Crippen LogP contribution is -2.36. The second-order valence-electron chi connectivity index (χ2n) is 8.17. The molecule has 1 fully saturated rings. The Balaban J connectivity index is 1.41. The van der Waals surface area contributed by atoms with Gasteiger partial charge in [-0.2, -0.15) is 0 Å². The first-order valence-electron chi connectivity index (χ1n) is 10.4. The van der Waals surface area contributed by atoms with Gasteiger partial charge in [0, 0.05) is 29.8 Å². The zero-order valence-corrected chi connectivity index (χ0v) is 18.4. The number of carbonyl (C=O) groups is 2. The first-order valence-corrected chi connectivity index (χ1v) is 12.1. The van der Waals surface area contributed by atoms with E-state index in [1.54, 1.807) is 49.6 Å². The Morgan fingerprint density at radius 3 is 2.48 bits per heavy atom. The van der Waals surface area contributed by atoms with E-state index in [4.69, 9.17) is 4.74 Å². The van der Waals surface area contributed by atoms with Crippen LogP contribution in [-0.2, 0) is 25.8 Å². The van der Waals surface area contributed by atoms with Crippen molar-refractivity contribution in [2.75, 3.05) is 23.1 Å². The van der Waals surface area contributed by atoms with Crippen LogP contribution < -0.4 is 15.0 Å². The van der Waals surface area contributed by atoms with Crippen LogP contribution in [0, 0.1) is 5.92 Å². The number of methoxy groups -OCH3 is 1. The lowest BCUT2D eigenvalue weighted by molar-refractivity contribution is -0.120. The molecule has 0 spiro atoms. The number of nitrogens with zero attached hydrogens (tertiary/aromatic N) is 1. The third kappa shape index (κ3) is 4.58. The van der Waals surface area contributed by atoms with Gasteiger partial charge in [-0.15, -0.1) is 0 Å². The van der Waals surface area contributed by atoms with Crippen LogP contribution in [0.4, 0.5) is 11.4 Å². The maximum atomic E-state index is 12.8. The van der Waals surface area contributed by atoms with Gasteiger partial charge in [-0.3, -0.25) is 9.59 Å². The molecule has 1 aliphatic carbocycles. The zero-order chi connectivity index (χ0) is 22.2. The molecule has 2 aromatic carbocycles. The fourth-order valence-electron chi connectivity index (χ4n) is 3.91. The van der Waals surface area contributed by atoms with Gasteiger partial charge in [-0.05, 0) is 74.2 Å². The molecule has 0 saturated heterocycles. The summed E-state index contributed by atoms with van der Waals surface area (Å²) in [6.45, 7) is 1.98. The quantitative estimate of drug-likeness (QED) is 0.711. The van der Waals surface area contributed by atoms with Crippen molar-refractivity contribution in [3.63, 3.8) is 0 Å². The number of carbonyl (C=O) groups excluding carboxylic acids is 2. The van der Waals surface area contributed by atoms with Crippen molar-refractivity contribution < 1.29 is 22.7 Å². The molecule has 1 saturated carbocycles. The Labute approximate surface area is 182 Å². The molecular formula is C23H26N2O5S. The highest BCUT2D eigenvalue weighted by molar-refractivity contribution is 7.91. The van der Waals surface area contributed by atoms with Gasteiger partial charge in [-0.25, -0.2) is 8.42 Å². The van der Waals surface area contributed by atoms with Gasteiger partial charge in [0.2, 0.25) is 11.8 Å². The molecule has 0 unspecified atom stereocenters. The van der Waals surface area contributed by atoms with Gasteiger partial charge < -0.3 is 15.0 Å². The summed E-state index contributed by atoms with van der Waals surface area (Å²) in [6, 6.07) is 11.8. The minimum Gasteiger partial charge on any atom is -0.497 e. The van der Waals surface area contributed by atoms with E-state index in [9.17, 15) is 18.0 Å². The summed E-state index contributed by atoms with van der Waals surface area (Å²) < 4.78 is 30.7. The molecule has 0 aromatic heterocycles. The molecule has 8 heteroatoms. The molecular weight excluding hydrogens is 416 g/mol. The fraction of sp³-hybridized carbons (Fsp3) is 0.391. The van der Waals surface area contributed by atoms with E-state index in [0.29, 0.717) is 17.9 Å². The standard InChI is InChI=1S/C23H26N2O5S/c1-15-13-17-14-20(9-10-21(17)25(15)23(27)16-3-4-16)31(28,29)12-11-22(26)24-18-5-7-19(30-2)8-6-18/h5-10,14-16H,3-4,11-13H2,1-2H3,(H,24,26)/t15-/m1/s1. The number of rotatable bonds is 7. The zero-order valence-electron chi connectivity index (χ0n) is 17.6. The van der Waals surface area contributed by atoms with Crippen molar-refractivity contribution in [1.82, 2.24) is 0 Å². The molecule has 2 aliphatic rings. The van der Waals surface area contributed by atoms with Gasteiger partial charge >= 0.3 is 0 Å². The molecule has 31 heavy (non-hydrogen) atoms. The number of ether oxygens (including phenoxy) is 1. The van der Waals surface area contributed by atoms with Crippen LogP contribution >= 0.6 is 0 Å². The van der Waals surface area contributed by atoms with E-state index in [1.807, 2.05) is 11.8 Å². The number of fused-ring (bicyclic) bond motifs is 1. The van der Waals surface area contributed by atoms with Crippen molar-refractivity contribution in [2.45, 2.75) is 43.5 Å². The van der Waals surface area contributed by atoms with Crippen LogP contribution in [0.25, 0.3) is 0 Å². The molecule has 7 nitrogen and oxygen atoms in total. The first-order chi connectivity index (χ1) is 14.8. The topological polar surface area (TPSA) is 92.8 Å². The number of sulfone groups is 1. The summed E-state index contributed by atoms with van der Waals surface area (Å²) in [6.07, 6.45) is 2.36. The normalized spacial score (nSPS) is 17.9. The van der Waals surface area contributed by atoms with Crippen LogP contribution in [0.15, 0.2) is 47.4 Å². The summed E-state index contributed by atoms with van der Waals surface area (Å²) in [4.78, 5) is 26.8. The SMILES string of the molecule is COc1ccc(NC(=O)CCS(=O)(=O)c2ccc3c(c2)C[C@@H](C)N3C(=O)C2CC2)cc1. The Morgan fingerprint density at radius 2 is 1.84 bits per heavy atom. The number of nitrogens with one attached hydrogen (secondary N) is 1. The molecule has 2 amide bonds. The maximum absolute atomic E-state index is 12.8. The van der Waals surface area contributed by atoms with Crippen LogP contribution in [0.2, 0.25) is 0 Å². The molecule has 1 N–H and O–H groups in total. The van der Waals surface area contributed by atoms with Crippen LogP contribution in [0.3, 0.4) is 0 Å². The number of hydrogen-bond acceptors (Lipinski definition) is 5. The number of benzene rings is 2. The average Bonchev–Trinajstić information content (AvgIpc) is 3.54. The molecule has 1 aliphatic heterocycles. The average molecular weight is 443 g/mol. The third-order valence-electron chi connectivity index (χ3n) is 5.76. The summed E-state index contributed by atoms with van der Waals surface area (Å²) in [5, 5.41) is 2.70. The van der Waals surface area contributed by atoms with E-state index in [0.717, 1.165) is 24.1 Å². The van der Waals surface area contributed by atoms with E-state index in [1.165, 1.54) is 0 Å². The fourth-order valence-corrected chi connectivity index (χ4v) is 5.19. The van der Waals surface area contributed by atoms with Crippen molar-refractivity contribution in [3.8, 4) is 5.75 Å². The molecule has 1 heterocycles. The number of amides is 2. The Kier molecular flexibility index (Phi) is 5.75. The molecule has 1 atom stereocenters. The summed E-state index contributed by atoms with van der Waals surface area (Å²) in [5.41, 5.74) is 2.25. The van der Waals surface area contributed by atoms with E-state index in [-0.39, 0.29) is 40.8 Å². The summed E-state index contributed by atoms with van der Waals surface area (Å²) >= 11 is 0. The van der Waals surface area contributed by atoms with Gasteiger partial charge in [-0.1, -0.05) is 0 Å². The molecule has 4 rings (SSSR count). The minimum atomic E-state index is -3.62. The lowest BCUT2D eigenvalue weighted by Gasteiger charge is -2.22. The van der Waals surface area contributed by atoms with Crippen molar-refractivity contribution >= 4 is 33.0 Å². The van der Waals surface area contributed by atoms with Crippen LogP contribution in [0.1, 0.15) is 31.7 Å². The van der Waals surface area contributed by atoms with Crippen LogP contribution in [0.5, 0.6) is 5.75 Å². The van der Waals surface area contributed by atoms with E-state index >= 15 is 0 Å². The molecule has 0 radical (unpaired) electrons. The van der Waals surface area contributed by atoms with Crippen molar-refractivity contribution in [2.24, 2.45) is 5.92 Å². The van der Waals surface area contributed by atoms with Crippen molar-refractivity contribution in [1.29, 1.82) is 0 Å². The smallest absolute Gasteiger partial charge is 0.230 e. The molecule has 0 bridgehead atoms. The highest BCUT2D eigenvalue weighted by Crippen LogP contribution is 2.39. The predicted octanol–water partition coefficient (Wildman–Crippen LogP) is 3.19. The van der Waals surface area contributed by atoms with Crippen molar-refractivity contribution in [3.05, 3.63) is 48.0 Å². The maximum Gasteiger partial charge on any atom is 0.230 e. The number of anilines is 2. The first kappa shape index (κ1) is 21.4. The highest BCUT2D eigenvalue weighted by Gasteiger charge is 2.39. The molecule has 164 valence electrons.